The van der Waals surface area contributed by atoms with Crippen LogP contribution in [0.3, 0.4) is 0 Å². The molecule has 1 rings (SSSR count). The van der Waals surface area contributed by atoms with Gasteiger partial charge in [0.2, 0.25) is 0 Å². The second kappa shape index (κ2) is 7.54. The van der Waals surface area contributed by atoms with E-state index in [1.807, 2.05) is 0 Å². The van der Waals surface area contributed by atoms with Gasteiger partial charge in [0.25, 0.3) is 0 Å². The molecular formula is C14H27N3O. The Kier molecular flexibility index (Phi) is 6.36. The van der Waals surface area contributed by atoms with Gasteiger partial charge >= 0.3 is 0 Å². The molecule has 0 spiro atoms. The Labute approximate surface area is 111 Å². The summed E-state index contributed by atoms with van der Waals surface area (Å²) in [6, 6.07) is 0.418. The minimum atomic E-state index is 0.418. The van der Waals surface area contributed by atoms with Gasteiger partial charge in [-0.15, -0.1) is 0 Å². The molecule has 0 amide bonds. The molecule has 4 heteroatoms. The van der Waals surface area contributed by atoms with Crippen LogP contribution in [0.15, 0.2) is 0 Å². The number of rotatable bonds is 8. The standard InChI is InChI=1S/C14H27N3O/c1-6-8-15-13(7-2)14-11(3)16-17(12(14)4)9-10-18-5/h13,15H,6-10H2,1-5H3. The van der Waals surface area contributed by atoms with Gasteiger partial charge in [-0.2, -0.15) is 5.10 Å². The molecular weight excluding hydrogens is 226 g/mol. The zero-order valence-corrected chi connectivity index (χ0v) is 12.4. The van der Waals surface area contributed by atoms with Crippen LogP contribution in [0.1, 0.15) is 49.7 Å². The van der Waals surface area contributed by atoms with Crippen molar-refractivity contribution >= 4 is 0 Å². The van der Waals surface area contributed by atoms with Crippen LogP contribution in [0.4, 0.5) is 0 Å². The van der Waals surface area contributed by atoms with Crippen molar-refractivity contribution in [2.75, 3.05) is 20.3 Å². The zero-order chi connectivity index (χ0) is 13.5. The summed E-state index contributed by atoms with van der Waals surface area (Å²) < 4.78 is 7.19. The molecule has 0 saturated carbocycles. The van der Waals surface area contributed by atoms with Crippen molar-refractivity contribution in [3.63, 3.8) is 0 Å². The fourth-order valence-electron chi connectivity index (χ4n) is 2.38. The Bertz CT molecular complexity index is 360. The zero-order valence-electron chi connectivity index (χ0n) is 12.4. The van der Waals surface area contributed by atoms with Crippen LogP contribution in [-0.4, -0.2) is 30.0 Å². The monoisotopic (exact) mass is 253 g/mol. The van der Waals surface area contributed by atoms with Crippen molar-refractivity contribution in [2.24, 2.45) is 0 Å². The normalized spacial score (nSPS) is 12.9. The maximum Gasteiger partial charge on any atom is 0.0658 e. The molecule has 1 atom stereocenters. The average Bonchev–Trinajstić information content (AvgIpc) is 2.64. The predicted molar refractivity (Wildman–Crippen MR) is 74.9 cm³/mol. The molecule has 0 aliphatic carbocycles. The third kappa shape index (κ3) is 3.56. The lowest BCUT2D eigenvalue weighted by atomic mass is 10.0. The molecule has 104 valence electrons. The molecule has 1 heterocycles. The summed E-state index contributed by atoms with van der Waals surface area (Å²) in [6.45, 7) is 11.3. The van der Waals surface area contributed by atoms with Crippen molar-refractivity contribution in [1.82, 2.24) is 15.1 Å². The van der Waals surface area contributed by atoms with E-state index >= 15 is 0 Å². The van der Waals surface area contributed by atoms with Gasteiger partial charge < -0.3 is 10.1 Å². The first kappa shape index (κ1) is 15.2. The van der Waals surface area contributed by atoms with E-state index in [-0.39, 0.29) is 0 Å². The maximum atomic E-state index is 5.13. The molecule has 0 saturated heterocycles. The number of nitrogens with zero attached hydrogens (tertiary/aromatic N) is 2. The fourth-order valence-corrected chi connectivity index (χ4v) is 2.38. The number of aryl methyl sites for hydroxylation is 1. The molecule has 0 aromatic carbocycles. The maximum absolute atomic E-state index is 5.13. The lowest BCUT2D eigenvalue weighted by molar-refractivity contribution is 0.182. The minimum Gasteiger partial charge on any atom is -0.383 e. The summed E-state index contributed by atoms with van der Waals surface area (Å²) >= 11 is 0. The summed E-state index contributed by atoms with van der Waals surface area (Å²) in [5.41, 5.74) is 3.76. The molecule has 0 aliphatic rings. The van der Waals surface area contributed by atoms with E-state index in [0.717, 1.165) is 31.6 Å². The molecule has 0 bridgehead atoms. The first-order valence-corrected chi connectivity index (χ1v) is 6.91. The van der Waals surface area contributed by atoms with Gasteiger partial charge in [0, 0.05) is 24.4 Å². The van der Waals surface area contributed by atoms with Gasteiger partial charge in [-0.3, -0.25) is 4.68 Å². The summed E-state index contributed by atoms with van der Waals surface area (Å²) in [4.78, 5) is 0. The van der Waals surface area contributed by atoms with Gasteiger partial charge in [-0.1, -0.05) is 13.8 Å². The molecule has 1 aromatic rings. The number of nitrogens with one attached hydrogen (secondary N) is 1. The lowest BCUT2D eigenvalue weighted by Crippen LogP contribution is -2.22. The van der Waals surface area contributed by atoms with E-state index in [4.69, 9.17) is 4.74 Å². The Morgan fingerprint density at radius 2 is 2.06 bits per heavy atom. The number of aromatic nitrogens is 2. The van der Waals surface area contributed by atoms with E-state index in [1.54, 1.807) is 7.11 Å². The van der Waals surface area contributed by atoms with Crippen LogP contribution in [0.25, 0.3) is 0 Å². The Balaban J connectivity index is 2.88. The van der Waals surface area contributed by atoms with Crippen LogP contribution in [0.5, 0.6) is 0 Å². The van der Waals surface area contributed by atoms with Crippen LogP contribution < -0.4 is 5.32 Å². The van der Waals surface area contributed by atoms with E-state index in [2.05, 4.69) is 42.8 Å². The highest BCUT2D eigenvalue weighted by Crippen LogP contribution is 2.24. The second-order valence-corrected chi connectivity index (χ2v) is 4.72. The van der Waals surface area contributed by atoms with Crippen LogP contribution in [-0.2, 0) is 11.3 Å². The molecule has 0 aliphatic heterocycles. The summed E-state index contributed by atoms with van der Waals surface area (Å²) in [6.07, 6.45) is 2.25. The van der Waals surface area contributed by atoms with Gasteiger partial charge in [-0.25, -0.2) is 0 Å². The Hall–Kier alpha value is -0.870. The third-order valence-corrected chi connectivity index (χ3v) is 3.34. The quantitative estimate of drug-likeness (QED) is 0.774. The van der Waals surface area contributed by atoms with Crippen LogP contribution in [0, 0.1) is 13.8 Å². The molecule has 1 N–H and O–H groups in total. The number of hydrogen-bond acceptors (Lipinski definition) is 3. The number of ether oxygens (including phenoxy) is 1. The molecule has 1 unspecified atom stereocenters. The predicted octanol–water partition coefficient (Wildman–Crippen LogP) is 2.60. The van der Waals surface area contributed by atoms with E-state index < -0.39 is 0 Å². The summed E-state index contributed by atoms with van der Waals surface area (Å²) in [5, 5.41) is 8.22. The van der Waals surface area contributed by atoms with Crippen molar-refractivity contribution < 1.29 is 4.74 Å². The van der Waals surface area contributed by atoms with E-state index in [1.165, 1.54) is 11.3 Å². The topological polar surface area (TPSA) is 39.1 Å². The van der Waals surface area contributed by atoms with Crippen molar-refractivity contribution in [1.29, 1.82) is 0 Å². The molecule has 0 radical (unpaired) electrons. The molecule has 18 heavy (non-hydrogen) atoms. The van der Waals surface area contributed by atoms with E-state index in [9.17, 15) is 0 Å². The first-order valence-electron chi connectivity index (χ1n) is 6.91. The van der Waals surface area contributed by atoms with Crippen molar-refractivity contribution in [3.8, 4) is 0 Å². The highest BCUT2D eigenvalue weighted by Gasteiger charge is 2.18. The van der Waals surface area contributed by atoms with Gasteiger partial charge in [0.05, 0.1) is 18.8 Å². The molecule has 0 fully saturated rings. The largest absolute Gasteiger partial charge is 0.383 e. The molecule has 1 aromatic heterocycles. The number of hydrogen-bond donors (Lipinski definition) is 1. The van der Waals surface area contributed by atoms with E-state index in [0.29, 0.717) is 12.6 Å². The van der Waals surface area contributed by atoms with Crippen LogP contribution >= 0.6 is 0 Å². The SMILES string of the molecule is CCCNC(CC)c1c(C)nn(CCOC)c1C. The summed E-state index contributed by atoms with van der Waals surface area (Å²) in [5.74, 6) is 0. The van der Waals surface area contributed by atoms with Gasteiger partial charge in [0.1, 0.15) is 0 Å². The second-order valence-electron chi connectivity index (χ2n) is 4.72. The highest BCUT2D eigenvalue weighted by atomic mass is 16.5. The first-order chi connectivity index (χ1) is 8.65. The summed E-state index contributed by atoms with van der Waals surface area (Å²) in [7, 11) is 1.73. The van der Waals surface area contributed by atoms with Crippen molar-refractivity contribution in [2.45, 2.75) is 53.1 Å². The van der Waals surface area contributed by atoms with Crippen molar-refractivity contribution in [3.05, 3.63) is 17.0 Å². The molecule has 4 nitrogen and oxygen atoms in total. The highest BCUT2D eigenvalue weighted by molar-refractivity contribution is 5.28. The Morgan fingerprint density at radius 1 is 1.33 bits per heavy atom. The number of methoxy groups -OCH3 is 1. The lowest BCUT2D eigenvalue weighted by Gasteiger charge is -2.17. The van der Waals surface area contributed by atoms with Gasteiger partial charge in [-0.05, 0) is 33.2 Å². The smallest absolute Gasteiger partial charge is 0.0658 e. The third-order valence-electron chi connectivity index (χ3n) is 3.34. The van der Waals surface area contributed by atoms with Crippen LogP contribution in [0.2, 0.25) is 0 Å². The van der Waals surface area contributed by atoms with Gasteiger partial charge in [0.15, 0.2) is 0 Å². The Morgan fingerprint density at radius 3 is 2.61 bits per heavy atom. The average molecular weight is 253 g/mol. The fraction of sp³-hybridized carbons (Fsp3) is 0.786. The minimum absolute atomic E-state index is 0.418.